The Kier molecular flexibility index (Phi) is 6.41. The van der Waals surface area contributed by atoms with E-state index in [-0.39, 0.29) is 25.3 Å². The van der Waals surface area contributed by atoms with E-state index < -0.39 is 17.5 Å². The average Bonchev–Trinajstić information content (AvgIpc) is 2.38. The summed E-state index contributed by atoms with van der Waals surface area (Å²) in [6.45, 7) is 2.48. The molecule has 0 spiro atoms. The van der Waals surface area contributed by atoms with Gasteiger partial charge < -0.3 is 10.1 Å². The fourth-order valence-corrected chi connectivity index (χ4v) is 1.73. The molecular formula is C13H17F3N2O3. The first-order valence-electron chi connectivity index (χ1n) is 6.49. The van der Waals surface area contributed by atoms with Crippen LogP contribution in [0.4, 0.5) is 24.5 Å². The minimum atomic E-state index is -4.19. The van der Waals surface area contributed by atoms with Crippen LogP contribution >= 0.6 is 0 Å². The smallest absolute Gasteiger partial charge is 0.385 e. The fourth-order valence-electron chi connectivity index (χ4n) is 1.73. The highest BCUT2D eigenvalue weighted by Crippen LogP contribution is 2.24. The van der Waals surface area contributed by atoms with Gasteiger partial charge >= 0.3 is 6.18 Å². The molecule has 118 valence electrons. The third-order valence-electron chi connectivity index (χ3n) is 2.67. The van der Waals surface area contributed by atoms with Crippen molar-refractivity contribution in [3.63, 3.8) is 0 Å². The van der Waals surface area contributed by atoms with E-state index in [1.54, 1.807) is 6.07 Å². The van der Waals surface area contributed by atoms with E-state index in [1.165, 1.54) is 12.1 Å². The van der Waals surface area contributed by atoms with Crippen LogP contribution in [-0.2, 0) is 11.3 Å². The quantitative estimate of drug-likeness (QED) is 0.449. The molecule has 1 aromatic carbocycles. The number of benzene rings is 1. The van der Waals surface area contributed by atoms with Gasteiger partial charge in [0.05, 0.1) is 11.5 Å². The Morgan fingerprint density at radius 3 is 2.67 bits per heavy atom. The van der Waals surface area contributed by atoms with Crippen LogP contribution in [-0.4, -0.2) is 24.3 Å². The summed E-state index contributed by atoms with van der Waals surface area (Å²) in [5.41, 5.74) is 1.16. The Morgan fingerprint density at radius 1 is 1.38 bits per heavy atom. The van der Waals surface area contributed by atoms with Crippen molar-refractivity contribution in [1.29, 1.82) is 0 Å². The van der Waals surface area contributed by atoms with Crippen molar-refractivity contribution in [1.82, 2.24) is 0 Å². The third kappa shape index (κ3) is 6.44. The summed E-state index contributed by atoms with van der Waals surface area (Å²) in [6, 6.07) is 4.29. The number of hydrogen-bond acceptors (Lipinski definition) is 4. The number of alkyl halides is 3. The molecule has 21 heavy (non-hydrogen) atoms. The Labute approximate surface area is 120 Å². The van der Waals surface area contributed by atoms with E-state index in [0.717, 1.165) is 0 Å². The zero-order valence-electron chi connectivity index (χ0n) is 11.6. The van der Waals surface area contributed by atoms with Crippen LogP contribution < -0.4 is 5.32 Å². The van der Waals surface area contributed by atoms with E-state index in [4.69, 9.17) is 4.74 Å². The molecule has 0 bridgehead atoms. The third-order valence-corrected chi connectivity index (χ3v) is 2.67. The van der Waals surface area contributed by atoms with Gasteiger partial charge in [-0.2, -0.15) is 13.2 Å². The summed E-state index contributed by atoms with van der Waals surface area (Å²) in [7, 11) is 0. The summed E-state index contributed by atoms with van der Waals surface area (Å²) in [5.74, 6) is 0. The van der Waals surface area contributed by atoms with E-state index in [0.29, 0.717) is 17.8 Å². The Balaban J connectivity index is 2.59. The lowest BCUT2D eigenvalue weighted by Crippen LogP contribution is -2.09. The predicted octanol–water partition coefficient (Wildman–Crippen LogP) is 3.89. The summed E-state index contributed by atoms with van der Waals surface area (Å²) in [4.78, 5) is 10.2. The van der Waals surface area contributed by atoms with E-state index >= 15 is 0 Å². The predicted molar refractivity (Wildman–Crippen MR) is 72.2 cm³/mol. The van der Waals surface area contributed by atoms with Gasteiger partial charge in [-0.25, -0.2) is 0 Å². The molecule has 1 rings (SSSR count). The SMILES string of the molecule is CCNc1ccc([N+](=O)[O-])cc1COCCCC(F)(F)F. The highest BCUT2D eigenvalue weighted by atomic mass is 19.4. The molecule has 5 nitrogen and oxygen atoms in total. The molecule has 0 saturated heterocycles. The summed E-state index contributed by atoms with van der Waals surface area (Å²) >= 11 is 0. The number of nitrogens with one attached hydrogen (secondary N) is 1. The van der Waals surface area contributed by atoms with Crippen LogP contribution in [0.1, 0.15) is 25.3 Å². The number of halogens is 3. The minimum Gasteiger partial charge on any atom is -0.385 e. The largest absolute Gasteiger partial charge is 0.389 e. The number of nitrogens with zero attached hydrogens (tertiary/aromatic N) is 1. The molecule has 0 saturated carbocycles. The standard InChI is InChI=1S/C13H17F3N2O3/c1-2-17-12-5-4-11(18(19)20)8-10(12)9-21-7-3-6-13(14,15)16/h4-5,8,17H,2-3,6-7,9H2,1H3. The number of anilines is 1. The number of ether oxygens (including phenoxy) is 1. The van der Waals surface area contributed by atoms with Gasteiger partial charge in [0.25, 0.3) is 5.69 Å². The lowest BCUT2D eigenvalue weighted by molar-refractivity contribution is -0.384. The molecule has 0 aromatic heterocycles. The van der Waals surface area contributed by atoms with Gasteiger partial charge in [0.15, 0.2) is 0 Å². The summed E-state index contributed by atoms with van der Waals surface area (Å²) in [6.07, 6.45) is -5.22. The summed E-state index contributed by atoms with van der Waals surface area (Å²) < 4.78 is 41.1. The van der Waals surface area contributed by atoms with Gasteiger partial charge in [-0.3, -0.25) is 10.1 Å². The maximum absolute atomic E-state index is 12.0. The second-order valence-corrected chi connectivity index (χ2v) is 4.40. The molecule has 1 aromatic rings. The van der Waals surface area contributed by atoms with Gasteiger partial charge in [0.1, 0.15) is 0 Å². The van der Waals surface area contributed by atoms with Gasteiger partial charge in [0, 0.05) is 43.0 Å². The summed E-state index contributed by atoms with van der Waals surface area (Å²) in [5, 5.41) is 13.8. The van der Waals surface area contributed by atoms with Crippen molar-refractivity contribution >= 4 is 11.4 Å². The van der Waals surface area contributed by atoms with Crippen LogP contribution in [0.25, 0.3) is 0 Å². The molecule has 0 radical (unpaired) electrons. The molecule has 0 amide bonds. The fraction of sp³-hybridized carbons (Fsp3) is 0.538. The van der Waals surface area contributed by atoms with E-state index in [1.807, 2.05) is 6.92 Å². The van der Waals surface area contributed by atoms with Gasteiger partial charge in [-0.1, -0.05) is 0 Å². The Hall–Kier alpha value is -1.83. The highest BCUT2D eigenvalue weighted by Gasteiger charge is 2.25. The van der Waals surface area contributed by atoms with Gasteiger partial charge in [-0.05, 0) is 19.4 Å². The maximum atomic E-state index is 12.0. The molecule has 0 unspecified atom stereocenters. The highest BCUT2D eigenvalue weighted by molar-refractivity contribution is 5.55. The van der Waals surface area contributed by atoms with Gasteiger partial charge in [0.2, 0.25) is 0 Å². The van der Waals surface area contributed by atoms with Crippen molar-refractivity contribution in [3.05, 3.63) is 33.9 Å². The minimum absolute atomic E-state index is 0.0296. The van der Waals surface area contributed by atoms with Crippen molar-refractivity contribution in [2.24, 2.45) is 0 Å². The molecule has 0 aliphatic rings. The molecular weight excluding hydrogens is 289 g/mol. The lowest BCUT2D eigenvalue weighted by atomic mass is 10.1. The lowest BCUT2D eigenvalue weighted by Gasteiger charge is -2.11. The molecule has 8 heteroatoms. The number of nitro benzene ring substituents is 1. The van der Waals surface area contributed by atoms with Crippen LogP contribution in [0.15, 0.2) is 18.2 Å². The van der Waals surface area contributed by atoms with Crippen molar-refractivity contribution in [3.8, 4) is 0 Å². The van der Waals surface area contributed by atoms with Crippen molar-refractivity contribution in [2.75, 3.05) is 18.5 Å². The molecule has 0 atom stereocenters. The molecule has 0 fully saturated rings. The first-order valence-corrected chi connectivity index (χ1v) is 6.49. The number of hydrogen-bond donors (Lipinski definition) is 1. The zero-order valence-corrected chi connectivity index (χ0v) is 11.6. The molecule has 1 N–H and O–H groups in total. The monoisotopic (exact) mass is 306 g/mol. The topological polar surface area (TPSA) is 64.4 Å². The maximum Gasteiger partial charge on any atom is 0.389 e. The Bertz CT molecular complexity index is 478. The van der Waals surface area contributed by atoms with Crippen molar-refractivity contribution in [2.45, 2.75) is 32.5 Å². The van der Waals surface area contributed by atoms with Crippen LogP contribution in [0.3, 0.4) is 0 Å². The first-order chi connectivity index (χ1) is 9.83. The molecule has 0 aliphatic carbocycles. The molecule has 0 aliphatic heterocycles. The zero-order chi connectivity index (χ0) is 15.9. The van der Waals surface area contributed by atoms with Crippen LogP contribution in [0, 0.1) is 10.1 Å². The average molecular weight is 306 g/mol. The van der Waals surface area contributed by atoms with E-state index in [2.05, 4.69) is 5.32 Å². The normalized spacial score (nSPS) is 11.4. The number of nitro groups is 1. The van der Waals surface area contributed by atoms with E-state index in [9.17, 15) is 23.3 Å². The number of rotatable bonds is 8. The van der Waals surface area contributed by atoms with Gasteiger partial charge in [-0.15, -0.1) is 0 Å². The Morgan fingerprint density at radius 2 is 2.10 bits per heavy atom. The number of non-ortho nitro benzene ring substituents is 1. The van der Waals surface area contributed by atoms with Crippen LogP contribution in [0.5, 0.6) is 0 Å². The molecule has 0 heterocycles. The van der Waals surface area contributed by atoms with Crippen molar-refractivity contribution < 1.29 is 22.8 Å². The second kappa shape index (κ2) is 7.82. The first kappa shape index (κ1) is 17.2. The second-order valence-electron chi connectivity index (χ2n) is 4.40. The van der Waals surface area contributed by atoms with Crippen LogP contribution in [0.2, 0.25) is 0 Å².